The zero-order valence-corrected chi connectivity index (χ0v) is 17.2. The quantitative estimate of drug-likeness (QED) is 0.500. The molecule has 1 aromatic carbocycles. The first-order valence-electron chi connectivity index (χ1n) is 9.65. The van der Waals surface area contributed by atoms with Crippen LogP contribution in [0.25, 0.3) is 16.7 Å². The third-order valence-corrected chi connectivity index (χ3v) is 5.79. The molecule has 0 spiro atoms. The number of halogens is 1. The molecular formula is C21H19ClN6O2. The number of aromatic nitrogens is 6. The molecular weight excluding hydrogens is 404 g/mol. The average molecular weight is 423 g/mol. The molecule has 0 fully saturated rings. The van der Waals surface area contributed by atoms with Gasteiger partial charge in [-0.15, -0.1) is 0 Å². The SMILES string of the molecule is C[C@@H]1C=C(c2cccc(Cl)c2)C[C@@H]1c1noc(Cn2cnc3ncn(C)c3c2=O)n1. The van der Waals surface area contributed by atoms with Crippen LogP contribution < -0.4 is 5.56 Å². The lowest BCUT2D eigenvalue weighted by Gasteiger charge is -2.10. The van der Waals surface area contributed by atoms with Crippen LogP contribution in [-0.4, -0.2) is 29.2 Å². The Labute approximate surface area is 176 Å². The number of hydrogen-bond donors (Lipinski definition) is 0. The smallest absolute Gasteiger partial charge is 0.280 e. The Morgan fingerprint density at radius 2 is 2.10 bits per heavy atom. The number of fused-ring (bicyclic) bond motifs is 1. The lowest BCUT2D eigenvalue weighted by atomic mass is 9.95. The Balaban J connectivity index is 1.37. The lowest BCUT2D eigenvalue weighted by Crippen LogP contribution is -2.22. The summed E-state index contributed by atoms with van der Waals surface area (Å²) in [5, 5.41) is 4.91. The number of rotatable bonds is 4. The molecule has 0 aliphatic heterocycles. The Morgan fingerprint density at radius 1 is 1.27 bits per heavy atom. The van der Waals surface area contributed by atoms with Gasteiger partial charge in [0.25, 0.3) is 5.56 Å². The predicted molar refractivity (Wildman–Crippen MR) is 112 cm³/mol. The van der Waals surface area contributed by atoms with Crippen LogP contribution in [0, 0.1) is 5.92 Å². The number of imidazole rings is 1. The Bertz CT molecular complexity index is 1330. The molecule has 3 heterocycles. The van der Waals surface area contributed by atoms with Gasteiger partial charge in [0.05, 0.1) is 6.33 Å². The van der Waals surface area contributed by atoms with Crippen molar-refractivity contribution in [2.24, 2.45) is 13.0 Å². The summed E-state index contributed by atoms with van der Waals surface area (Å²) in [7, 11) is 1.76. The number of nitrogens with zero attached hydrogens (tertiary/aromatic N) is 6. The van der Waals surface area contributed by atoms with E-state index in [1.165, 1.54) is 16.5 Å². The van der Waals surface area contributed by atoms with Crippen molar-refractivity contribution in [3.05, 3.63) is 75.7 Å². The molecule has 3 aromatic heterocycles. The zero-order valence-electron chi connectivity index (χ0n) is 16.5. The molecule has 152 valence electrons. The summed E-state index contributed by atoms with van der Waals surface area (Å²) < 4.78 is 8.56. The maximum absolute atomic E-state index is 12.7. The van der Waals surface area contributed by atoms with Crippen molar-refractivity contribution in [3.8, 4) is 0 Å². The normalized spacial score (nSPS) is 18.8. The van der Waals surface area contributed by atoms with Gasteiger partial charge in [-0.3, -0.25) is 9.36 Å². The van der Waals surface area contributed by atoms with Crippen molar-refractivity contribution in [2.45, 2.75) is 25.8 Å². The Kier molecular flexibility index (Phi) is 4.51. The monoisotopic (exact) mass is 422 g/mol. The molecule has 2 atom stereocenters. The summed E-state index contributed by atoms with van der Waals surface area (Å²) in [5.41, 5.74) is 3.01. The van der Waals surface area contributed by atoms with E-state index in [9.17, 15) is 4.79 Å². The first kappa shape index (κ1) is 18.7. The molecule has 9 heteroatoms. The molecule has 0 amide bonds. The first-order chi connectivity index (χ1) is 14.5. The lowest BCUT2D eigenvalue weighted by molar-refractivity contribution is 0.359. The number of aryl methyl sites for hydroxylation is 1. The second-order valence-corrected chi connectivity index (χ2v) is 8.06. The van der Waals surface area contributed by atoms with E-state index in [4.69, 9.17) is 16.1 Å². The Morgan fingerprint density at radius 3 is 2.93 bits per heavy atom. The van der Waals surface area contributed by atoms with E-state index < -0.39 is 0 Å². The molecule has 30 heavy (non-hydrogen) atoms. The largest absolute Gasteiger partial charge is 0.337 e. The molecule has 0 saturated heterocycles. The van der Waals surface area contributed by atoms with E-state index in [1.807, 2.05) is 18.2 Å². The van der Waals surface area contributed by atoms with Crippen LogP contribution in [0.3, 0.4) is 0 Å². The topological polar surface area (TPSA) is 91.6 Å². The van der Waals surface area contributed by atoms with Crippen LogP contribution in [0.5, 0.6) is 0 Å². The van der Waals surface area contributed by atoms with E-state index in [0.29, 0.717) is 22.9 Å². The molecule has 0 saturated carbocycles. The first-order valence-corrected chi connectivity index (χ1v) is 10.0. The van der Waals surface area contributed by atoms with Crippen LogP contribution in [-0.2, 0) is 13.6 Å². The highest BCUT2D eigenvalue weighted by atomic mass is 35.5. The van der Waals surface area contributed by atoms with Crippen molar-refractivity contribution in [1.82, 2.24) is 29.2 Å². The summed E-state index contributed by atoms with van der Waals surface area (Å²) in [6, 6.07) is 7.85. The summed E-state index contributed by atoms with van der Waals surface area (Å²) >= 11 is 6.14. The van der Waals surface area contributed by atoms with Crippen molar-refractivity contribution in [2.75, 3.05) is 0 Å². The van der Waals surface area contributed by atoms with Gasteiger partial charge in [0.15, 0.2) is 17.0 Å². The van der Waals surface area contributed by atoms with Crippen molar-refractivity contribution in [1.29, 1.82) is 0 Å². The van der Waals surface area contributed by atoms with Gasteiger partial charge in [-0.2, -0.15) is 4.98 Å². The highest BCUT2D eigenvalue weighted by Crippen LogP contribution is 2.41. The van der Waals surface area contributed by atoms with Crippen LogP contribution in [0.15, 0.2) is 52.3 Å². The van der Waals surface area contributed by atoms with Gasteiger partial charge < -0.3 is 9.09 Å². The molecule has 4 aromatic rings. The molecule has 5 rings (SSSR count). The highest BCUT2D eigenvalue weighted by Gasteiger charge is 2.30. The van der Waals surface area contributed by atoms with Crippen LogP contribution >= 0.6 is 11.6 Å². The second-order valence-electron chi connectivity index (χ2n) is 7.62. The van der Waals surface area contributed by atoms with Crippen LogP contribution in [0.1, 0.15) is 36.5 Å². The predicted octanol–water partition coefficient (Wildman–Crippen LogP) is 3.42. The summed E-state index contributed by atoms with van der Waals surface area (Å²) in [4.78, 5) is 25.6. The minimum Gasteiger partial charge on any atom is -0.337 e. The fourth-order valence-electron chi connectivity index (χ4n) is 3.97. The van der Waals surface area contributed by atoms with Gasteiger partial charge in [-0.25, -0.2) is 9.97 Å². The summed E-state index contributed by atoms with van der Waals surface area (Å²) in [6.07, 6.45) is 6.07. The van der Waals surface area contributed by atoms with Crippen molar-refractivity contribution < 1.29 is 4.52 Å². The van der Waals surface area contributed by atoms with Gasteiger partial charge in [0, 0.05) is 18.0 Å². The third-order valence-electron chi connectivity index (χ3n) is 5.56. The number of allylic oxidation sites excluding steroid dienone is 2. The molecule has 0 N–H and O–H groups in total. The van der Waals surface area contributed by atoms with Crippen molar-refractivity contribution in [3.63, 3.8) is 0 Å². The van der Waals surface area contributed by atoms with E-state index >= 15 is 0 Å². The number of hydrogen-bond acceptors (Lipinski definition) is 6. The van der Waals surface area contributed by atoms with Crippen LogP contribution in [0.2, 0.25) is 5.02 Å². The van der Waals surface area contributed by atoms with E-state index in [-0.39, 0.29) is 23.9 Å². The molecule has 1 aliphatic carbocycles. The van der Waals surface area contributed by atoms with Gasteiger partial charge in [0.2, 0.25) is 5.89 Å². The maximum atomic E-state index is 12.7. The summed E-state index contributed by atoms with van der Waals surface area (Å²) in [6.45, 7) is 2.30. The van der Waals surface area contributed by atoms with Crippen LogP contribution in [0.4, 0.5) is 0 Å². The standard InChI is InChI=1S/C21H19ClN6O2/c1-12-6-14(13-4-3-5-15(22)7-13)8-16(12)19-25-17(30-26-19)9-28-11-24-20-18(21(28)29)27(2)10-23-20/h3-7,10-12,16H,8-9H2,1-2H3/t12-,16+/m1/s1. The minimum atomic E-state index is -0.195. The summed E-state index contributed by atoms with van der Waals surface area (Å²) in [5.74, 6) is 1.40. The molecule has 8 nitrogen and oxygen atoms in total. The molecule has 0 radical (unpaired) electrons. The van der Waals surface area contributed by atoms with Gasteiger partial charge in [-0.05, 0) is 35.6 Å². The zero-order chi connectivity index (χ0) is 20.8. The number of benzene rings is 1. The molecule has 0 unspecified atom stereocenters. The fourth-order valence-corrected chi connectivity index (χ4v) is 4.16. The van der Waals surface area contributed by atoms with Gasteiger partial charge >= 0.3 is 0 Å². The van der Waals surface area contributed by atoms with Crippen molar-refractivity contribution >= 4 is 28.3 Å². The molecule has 1 aliphatic rings. The van der Waals surface area contributed by atoms with E-state index in [2.05, 4.69) is 39.2 Å². The second kappa shape index (κ2) is 7.21. The van der Waals surface area contributed by atoms with Gasteiger partial charge in [-0.1, -0.05) is 41.9 Å². The molecule has 0 bridgehead atoms. The average Bonchev–Trinajstić information content (AvgIpc) is 3.43. The maximum Gasteiger partial charge on any atom is 0.280 e. The highest BCUT2D eigenvalue weighted by molar-refractivity contribution is 6.30. The fraction of sp³-hybridized carbons (Fsp3) is 0.286. The van der Waals surface area contributed by atoms with E-state index in [0.717, 1.165) is 17.0 Å². The minimum absolute atomic E-state index is 0.117. The third kappa shape index (κ3) is 3.23. The van der Waals surface area contributed by atoms with E-state index in [1.54, 1.807) is 17.9 Å². The Hall–Kier alpha value is -3.26. The van der Waals surface area contributed by atoms with Gasteiger partial charge in [0.1, 0.15) is 12.9 Å².